The molecule has 0 saturated heterocycles. The molecule has 1 aromatic rings. The number of aliphatic hydroxyl groups excluding tert-OH is 2. The van der Waals surface area contributed by atoms with E-state index in [0.717, 1.165) is 24.8 Å². The normalized spacial score (nSPS) is 25.8. The summed E-state index contributed by atoms with van der Waals surface area (Å²) in [5, 5.41) is 19.7. The highest BCUT2D eigenvalue weighted by Gasteiger charge is 2.27. The van der Waals surface area contributed by atoms with Crippen molar-refractivity contribution in [3.8, 4) is 5.75 Å². The number of ether oxygens (including phenoxy) is 1. The molecule has 0 aromatic heterocycles. The van der Waals surface area contributed by atoms with E-state index in [2.05, 4.69) is 0 Å². The molecule has 0 bridgehead atoms. The highest BCUT2D eigenvalue weighted by Crippen LogP contribution is 2.31. The second kappa shape index (κ2) is 5.52. The van der Waals surface area contributed by atoms with E-state index >= 15 is 0 Å². The van der Waals surface area contributed by atoms with Gasteiger partial charge in [0.05, 0.1) is 12.2 Å². The van der Waals surface area contributed by atoms with Gasteiger partial charge in [-0.1, -0.05) is 25.1 Å². The maximum Gasteiger partial charge on any atom is 0.125 e. The number of aliphatic hydroxyl groups is 2. The van der Waals surface area contributed by atoms with Gasteiger partial charge in [0, 0.05) is 5.56 Å². The van der Waals surface area contributed by atoms with Crippen LogP contribution in [0.15, 0.2) is 24.3 Å². The summed E-state index contributed by atoms with van der Waals surface area (Å²) in [5.74, 6) is 0.702. The largest absolute Gasteiger partial charge is 0.487 e. The Labute approximate surface area is 102 Å². The Morgan fingerprint density at radius 2 is 2.12 bits per heavy atom. The molecule has 1 aliphatic rings. The number of hydrogen-bond acceptors (Lipinski definition) is 3. The van der Waals surface area contributed by atoms with Gasteiger partial charge in [0.2, 0.25) is 0 Å². The summed E-state index contributed by atoms with van der Waals surface area (Å²) in [7, 11) is 0. The molecule has 1 aromatic carbocycles. The zero-order chi connectivity index (χ0) is 12.3. The molecule has 2 unspecified atom stereocenters. The SMILES string of the molecule is CC[C@@H](O)c1ccccc1OC1CCCC1O. The lowest BCUT2D eigenvalue weighted by Gasteiger charge is -2.21. The van der Waals surface area contributed by atoms with Crippen LogP contribution in [0.1, 0.15) is 44.3 Å². The second-order valence-electron chi connectivity index (χ2n) is 4.62. The molecule has 17 heavy (non-hydrogen) atoms. The van der Waals surface area contributed by atoms with Crippen LogP contribution >= 0.6 is 0 Å². The Kier molecular flexibility index (Phi) is 4.02. The van der Waals surface area contributed by atoms with Crippen LogP contribution in [-0.4, -0.2) is 22.4 Å². The van der Waals surface area contributed by atoms with Gasteiger partial charge < -0.3 is 14.9 Å². The molecule has 0 spiro atoms. The first-order valence-corrected chi connectivity index (χ1v) is 6.34. The summed E-state index contributed by atoms with van der Waals surface area (Å²) in [6.07, 6.45) is 2.37. The van der Waals surface area contributed by atoms with E-state index in [1.54, 1.807) is 0 Å². The fourth-order valence-corrected chi connectivity index (χ4v) is 2.29. The lowest BCUT2D eigenvalue weighted by molar-refractivity contribution is 0.0571. The predicted octanol–water partition coefficient (Wildman–Crippen LogP) is 2.42. The molecule has 94 valence electrons. The van der Waals surface area contributed by atoms with Crippen LogP contribution in [0.5, 0.6) is 5.75 Å². The van der Waals surface area contributed by atoms with Crippen LogP contribution in [0.25, 0.3) is 0 Å². The molecule has 3 heteroatoms. The molecule has 1 aliphatic carbocycles. The standard InChI is InChI=1S/C14H20O3/c1-2-11(15)10-6-3-4-8-13(10)17-14-9-5-7-12(14)16/h3-4,6,8,11-12,14-16H,2,5,7,9H2,1H3/t11-,12?,14?/m1/s1. The zero-order valence-corrected chi connectivity index (χ0v) is 10.2. The minimum atomic E-state index is -0.496. The Hall–Kier alpha value is -1.06. The van der Waals surface area contributed by atoms with Crippen molar-refractivity contribution in [2.45, 2.75) is 50.9 Å². The highest BCUT2D eigenvalue weighted by atomic mass is 16.5. The first kappa shape index (κ1) is 12.4. The molecule has 0 aliphatic heterocycles. The van der Waals surface area contributed by atoms with Crippen molar-refractivity contribution in [2.75, 3.05) is 0 Å². The molecule has 2 rings (SSSR count). The van der Waals surface area contributed by atoms with Gasteiger partial charge >= 0.3 is 0 Å². The van der Waals surface area contributed by atoms with Crippen molar-refractivity contribution in [1.82, 2.24) is 0 Å². The van der Waals surface area contributed by atoms with Gasteiger partial charge in [-0.25, -0.2) is 0 Å². The van der Waals surface area contributed by atoms with Crippen LogP contribution in [0.4, 0.5) is 0 Å². The monoisotopic (exact) mass is 236 g/mol. The smallest absolute Gasteiger partial charge is 0.125 e. The fraction of sp³-hybridized carbons (Fsp3) is 0.571. The summed E-state index contributed by atoms with van der Waals surface area (Å²) in [6.45, 7) is 1.94. The average Bonchev–Trinajstić information content (AvgIpc) is 2.75. The minimum absolute atomic E-state index is 0.125. The van der Waals surface area contributed by atoms with Crippen molar-refractivity contribution in [1.29, 1.82) is 0 Å². The van der Waals surface area contributed by atoms with Crippen molar-refractivity contribution >= 4 is 0 Å². The van der Waals surface area contributed by atoms with Gasteiger partial charge in [0.25, 0.3) is 0 Å². The van der Waals surface area contributed by atoms with Gasteiger partial charge in [0.1, 0.15) is 11.9 Å². The van der Waals surface area contributed by atoms with Crippen molar-refractivity contribution in [3.05, 3.63) is 29.8 Å². The number of benzene rings is 1. The number of rotatable bonds is 4. The zero-order valence-electron chi connectivity index (χ0n) is 10.2. The molecule has 0 radical (unpaired) electrons. The van der Waals surface area contributed by atoms with E-state index in [1.807, 2.05) is 31.2 Å². The summed E-state index contributed by atoms with van der Waals surface area (Å²) >= 11 is 0. The molecule has 2 N–H and O–H groups in total. The minimum Gasteiger partial charge on any atom is -0.487 e. The third kappa shape index (κ3) is 2.79. The Morgan fingerprint density at radius 3 is 2.76 bits per heavy atom. The Bertz CT molecular complexity index is 364. The van der Waals surface area contributed by atoms with E-state index in [1.165, 1.54) is 0 Å². The molecular weight excluding hydrogens is 216 g/mol. The van der Waals surface area contributed by atoms with Crippen LogP contribution in [0, 0.1) is 0 Å². The topological polar surface area (TPSA) is 49.7 Å². The van der Waals surface area contributed by atoms with E-state index in [9.17, 15) is 10.2 Å². The first-order chi connectivity index (χ1) is 8.22. The number of hydrogen-bond donors (Lipinski definition) is 2. The first-order valence-electron chi connectivity index (χ1n) is 6.34. The molecule has 0 heterocycles. The van der Waals surface area contributed by atoms with Gasteiger partial charge in [-0.2, -0.15) is 0 Å². The molecule has 3 nitrogen and oxygen atoms in total. The van der Waals surface area contributed by atoms with E-state index in [0.29, 0.717) is 12.2 Å². The van der Waals surface area contributed by atoms with Gasteiger partial charge in [-0.3, -0.25) is 0 Å². The van der Waals surface area contributed by atoms with Gasteiger partial charge in [0.15, 0.2) is 0 Å². The van der Waals surface area contributed by atoms with Gasteiger partial charge in [-0.05, 0) is 31.7 Å². The lowest BCUT2D eigenvalue weighted by Crippen LogP contribution is -2.26. The van der Waals surface area contributed by atoms with Crippen molar-refractivity contribution in [3.63, 3.8) is 0 Å². The summed E-state index contributed by atoms with van der Waals surface area (Å²) in [6, 6.07) is 7.53. The van der Waals surface area contributed by atoms with Crippen LogP contribution in [-0.2, 0) is 0 Å². The molecule has 0 amide bonds. The van der Waals surface area contributed by atoms with Crippen LogP contribution in [0.2, 0.25) is 0 Å². The third-order valence-corrected chi connectivity index (χ3v) is 3.36. The molecule has 1 saturated carbocycles. The van der Waals surface area contributed by atoms with Crippen molar-refractivity contribution < 1.29 is 14.9 Å². The third-order valence-electron chi connectivity index (χ3n) is 3.36. The lowest BCUT2D eigenvalue weighted by atomic mass is 10.1. The van der Waals surface area contributed by atoms with Gasteiger partial charge in [-0.15, -0.1) is 0 Å². The average molecular weight is 236 g/mol. The molecule has 3 atom stereocenters. The quantitative estimate of drug-likeness (QED) is 0.844. The summed E-state index contributed by atoms with van der Waals surface area (Å²) in [5.41, 5.74) is 0.814. The van der Waals surface area contributed by atoms with Crippen LogP contribution < -0.4 is 4.74 Å². The molecular formula is C14H20O3. The Morgan fingerprint density at radius 1 is 1.35 bits per heavy atom. The van der Waals surface area contributed by atoms with Crippen molar-refractivity contribution in [2.24, 2.45) is 0 Å². The van der Waals surface area contributed by atoms with E-state index in [4.69, 9.17) is 4.74 Å². The van der Waals surface area contributed by atoms with E-state index in [-0.39, 0.29) is 12.2 Å². The molecule has 1 fully saturated rings. The number of para-hydroxylation sites is 1. The van der Waals surface area contributed by atoms with E-state index < -0.39 is 6.10 Å². The summed E-state index contributed by atoms with van der Waals surface area (Å²) < 4.78 is 5.83. The highest BCUT2D eigenvalue weighted by molar-refractivity contribution is 5.35. The van der Waals surface area contributed by atoms with Crippen LogP contribution in [0.3, 0.4) is 0 Å². The summed E-state index contributed by atoms with van der Waals surface area (Å²) in [4.78, 5) is 0. The second-order valence-corrected chi connectivity index (χ2v) is 4.62. The maximum absolute atomic E-state index is 9.91. The maximum atomic E-state index is 9.91. The fourth-order valence-electron chi connectivity index (χ4n) is 2.29. The predicted molar refractivity (Wildman–Crippen MR) is 66.0 cm³/mol. The Balaban J connectivity index is 2.14.